The Labute approximate surface area is 151 Å². The molecule has 0 heterocycles. The fourth-order valence-corrected chi connectivity index (χ4v) is 3.33. The summed E-state index contributed by atoms with van der Waals surface area (Å²) >= 11 is 0. The summed E-state index contributed by atoms with van der Waals surface area (Å²) in [6, 6.07) is 17.8. The van der Waals surface area contributed by atoms with Gasteiger partial charge in [-0.15, -0.1) is 0 Å². The number of hydrogen-bond donors (Lipinski definition) is 1. The van der Waals surface area contributed by atoms with E-state index in [2.05, 4.69) is 17.9 Å². The Hall–Kier alpha value is -2.10. The predicted octanol–water partition coefficient (Wildman–Crippen LogP) is 4.18. The van der Waals surface area contributed by atoms with E-state index in [0.717, 1.165) is 29.0 Å². The summed E-state index contributed by atoms with van der Waals surface area (Å²) in [5.41, 5.74) is 1.88. The maximum absolute atomic E-state index is 11.7. The van der Waals surface area contributed by atoms with Crippen LogP contribution in [0.4, 0.5) is 0 Å². The van der Waals surface area contributed by atoms with Crippen molar-refractivity contribution in [2.24, 2.45) is 5.92 Å². The zero-order valence-corrected chi connectivity index (χ0v) is 15.9. The van der Waals surface area contributed by atoms with E-state index in [4.69, 9.17) is 4.74 Å². The second-order valence-corrected chi connectivity index (χ2v) is 6.90. The summed E-state index contributed by atoms with van der Waals surface area (Å²) in [7, 11) is 5.72. The van der Waals surface area contributed by atoms with Crippen molar-refractivity contribution in [3.63, 3.8) is 0 Å². The van der Waals surface area contributed by atoms with Gasteiger partial charge < -0.3 is 14.7 Å². The van der Waals surface area contributed by atoms with Crippen LogP contribution in [0.25, 0.3) is 6.08 Å². The van der Waals surface area contributed by atoms with Gasteiger partial charge in [0.25, 0.3) is 0 Å². The summed E-state index contributed by atoms with van der Waals surface area (Å²) in [6.45, 7) is 4.89. The van der Waals surface area contributed by atoms with Gasteiger partial charge in [-0.2, -0.15) is 0 Å². The van der Waals surface area contributed by atoms with Crippen LogP contribution in [0.3, 0.4) is 0 Å². The Kier molecular flexibility index (Phi) is 6.40. The van der Waals surface area contributed by atoms with Crippen LogP contribution in [0.15, 0.2) is 60.2 Å². The molecule has 0 fully saturated rings. The van der Waals surface area contributed by atoms with Crippen LogP contribution >= 0.6 is 0 Å². The topological polar surface area (TPSA) is 32.7 Å². The molecule has 2 atom stereocenters. The van der Waals surface area contributed by atoms with Gasteiger partial charge in [-0.25, -0.2) is 0 Å². The molecule has 0 radical (unpaired) electrons. The fourth-order valence-electron chi connectivity index (χ4n) is 3.33. The van der Waals surface area contributed by atoms with E-state index in [1.807, 2.05) is 75.6 Å². The highest BCUT2D eigenvalue weighted by atomic mass is 16.5. The average molecular weight is 339 g/mol. The van der Waals surface area contributed by atoms with Crippen LogP contribution in [0.5, 0.6) is 5.75 Å². The average Bonchev–Trinajstić information content (AvgIpc) is 2.61. The standard InChI is InChI=1S/C22H29NO2/c1-17(15-19-11-13-21(25-5)14-12-19)22(24,18(2)16-23(3)4)20-9-7-6-8-10-20/h6-15,18,24H,16H2,1-5H3. The summed E-state index contributed by atoms with van der Waals surface area (Å²) in [5.74, 6) is 0.869. The van der Waals surface area contributed by atoms with Gasteiger partial charge in [0.2, 0.25) is 0 Å². The first-order chi connectivity index (χ1) is 11.9. The van der Waals surface area contributed by atoms with Gasteiger partial charge in [0.05, 0.1) is 7.11 Å². The Morgan fingerprint density at radius 2 is 1.72 bits per heavy atom. The number of ether oxygens (including phenoxy) is 1. The first-order valence-corrected chi connectivity index (χ1v) is 8.63. The molecule has 0 bridgehead atoms. The molecule has 0 aliphatic rings. The second kappa shape index (κ2) is 8.32. The molecule has 0 aliphatic heterocycles. The molecule has 0 saturated carbocycles. The van der Waals surface area contributed by atoms with Crippen molar-refractivity contribution in [1.82, 2.24) is 4.90 Å². The van der Waals surface area contributed by atoms with Crippen LogP contribution in [0, 0.1) is 5.92 Å². The van der Waals surface area contributed by atoms with Crippen molar-refractivity contribution in [3.8, 4) is 5.75 Å². The fraction of sp³-hybridized carbons (Fsp3) is 0.364. The van der Waals surface area contributed by atoms with E-state index < -0.39 is 5.60 Å². The molecule has 1 N–H and O–H groups in total. The summed E-state index contributed by atoms with van der Waals surface area (Å²) in [6.07, 6.45) is 2.05. The smallest absolute Gasteiger partial charge is 0.118 e. The molecule has 0 amide bonds. The highest BCUT2D eigenvalue weighted by molar-refractivity contribution is 5.57. The Bertz CT molecular complexity index is 692. The lowest BCUT2D eigenvalue weighted by Gasteiger charge is -2.37. The molecule has 0 aliphatic carbocycles. The Morgan fingerprint density at radius 3 is 2.24 bits per heavy atom. The minimum Gasteiger partial charge on any atom is -0.497 e. The van der Waals surface area contributed by atoms with E-state index in [1.54, 1.807) is 7.11 Å². The molecule has 2 aromatic rings. The zero-order valence-electron chi connectivity index (χ0n) is 15.9. The monoisotopic (exact) mass is 339 g/mol. The molecule has 134 valence electrons. The SMILES string of the molecule is COc1ccc(C=C(C)C(O)(c2ccccc2)C(C)CN(C)C)cc1. The molecule has 2 aromatic carbocycles. The van der Waals surface area contributed by atoms with Crippen molar-refractivity contribution in [2.75, 3.05) is 27.7 Å². The molecule has 2 rings (SSSR count). The van der Waals surface area contributed by atoms with Crippen LogP contribution < -0.4 is 4.74 Å². The largest absolute Gasteiger partial charge is 0.497 e. The third-order valence-corrected chi connectivity index (χ3v) is 4.67. The summed E-state index contributed by atoms with van der Waals surface area (Å²) < 4.78 is 5.22. The van der Waals surface area contributed by atoms with Crippen molar-refractivity contribution in [1.29, 1.82) is 0 Å². The molecule has 2 unspecified atom stereocenters. The highest BCUT2D eigenvalue weighted by Crippen LogP contribution is 2.38. The first-order valence-electron chi connectivity index (χ1n) is 8.63. The highest BCUT2D eigenvalue weighted by Gasteiger charge is 2.37. The molecule has 0 aromatic heterocycles. The summed E-state index contributed by atoms with van der Waals surface area (Å²) in [4.78, 5) is 2.11. The third kappa shape index (κ3) is 4.50. The summed E-state index contributed by atoms with van der Waals surface area (Å²) in [5, 5.41) is 11.7. The van der Waals surface area contributed by atoms with Gasteiger partial charge in [0, 0.05) is 12.5 Å². The maximum Gasteiger partial charge on any atom is 0.118 e. The lowest BCUT2D eigenvalue weighted by atomic mass is 9.76. The second-order valence-electron chi connectivity index (χ2n) is 6.90. The quantitative estimate of drug-likeness (QED) is 0.821. The first kappa shape index (κ1) is 19.2. The Balaban J connectivity index is 2.44. The number of nitrogens with zero attached hydrogens (tertiary/aromatic N) is 1. The van der Waals surface area contributed by atoms with Gasteiger partial charge in [0.1, 0.15) is 11.4 Å². The number of hydrogen-bond acceptors (Lipinski definition) is 3. The van der Waals surface area contributed by atoms with Gasteiger partial charge in [-0.05, 0) is 49.9 Å². The molecule has 3 heteroatoms. The Morgan fingerprint density at radius 1 is 1.12 bits per heavy atom. The molecular weight excluding hydrogens is 310 g/mol. The number of rotatable bonds is 7. The van der Waals surface area contributed by atoms with E-state index in [-0.39, 0.29) is 5.92 Å². The van der Waals surface area contributed by atoms with Gasteiger partial charge in [-0.3, -0.25) is 0 Å². The molecule has 25 heavy (non-hydrogen) atoms. The normalized spacial score (nSPS) is 15.7. The lowest BCUT2D eigenvalue weighted by Crippen LogP contribution is -2.40. The van der Waals surface area contributed by atoms with Gasteiger partial charge in [-0.1, -0.05) is 55.5 Å². The zero-order chi connectivity index (χ0) is 18.4. The van der Waals surface area contributed by atoms with Crippen molar-refractivity contribution in [2.45, 2.75) is 19.4 Å². The minimum atomic E-state index is -1.02. The third-order valence-electron chi connectivity index (χ3n) is 4.67. The van der Waals surface area contributed by atoms with Crippen LogP contribution in [-0.4, -0.2) is 37.8 Å². The van der Waals surface area contributed by atoms with Crippen molar-refractivity contribution >= 4 is 6.08 Å². The molecular formula is C22H29NO2. The number of benzene rings is 2. The van der Waals surface area contributed by atoms with Crippen LogP contribution in [0.1, 0.15) is 25.0 Å². The van der Waals surface area contributed by atoms with Gasteiger partial charge in [0.15, 0.2) is 0 Å². The maximum atomic E-state index is 11.7. The van der Waals surface area contributed by atoms with Gasteiger partial charge >= 0.3 is 0 Å². The number of methoxy groups -OCH3 is 1. The molecule has 3 nitrogen and oxygen atoms in total. The molecule has 0 spiro atoms. The number of aliphatic hydroxyl groups is 1. The molecule has 0 saturated heterocycles. The lowest BCUT2D eigenvalue weighted by molar-refractivity contribution is 0.0105. The van der Waals surface area contributed by atoms with Crippen LogP contribution in [0.2, 0.25) is 0 Å². The van der Waals surface area contributed by atoms with Crippen LogP contribution in [-0.2, 0) is 5.60 Å². The van der Waals surface area contributed by atoms with E-state index in [0.29, 0.717) is 0 Å². The van der Waals surface area contributed by atoms with E-state index >= 15 is 0 Å². The van der Waals surface area contributed by atoms with Crippen molar-refractivity contribution < 1.29 is 9.84 Å². The van der Waals surface area contributed by atoms with Crippen molar-refractivity contribution in [3.05, 3.63) is 71.3 Å². The van der Waals surface area contributed by atoms with E-state index in [9.17, 15) is 5.11 Å². The minimum absolute atomic E-state index is 0.0411. The van der Waals surface area contributed by atoms with E-state index in [1.165, 1.54) is 0 Å². The predicted molar refractivity (Wildman–Crippen MR) is 105 cm³/mol.